The first-order chi connectivity index (χ1) is 11.7. The number of hydrogen-bond acceptors (Lipinski definition) is 4. The Morgan fingerprint density at radius 1 is 1.08 bits per heavy atom. The molecule has 0 radical (unpaired) electrons. The van der Waals surface area contributed by atoms with Gasteiger partial charge in [0.05, 0.1) is 18.0 Å². The summed E-state index contributed by atoms with van der Waals surface area (Å²) < 4.78 is 20.7. The lowest BCUT2D eigenvalue weighted by Crippen LogP contribution is -2.07. The SMILES string of the molecule is COCCn1c(SC)nc(-c2ccc(F)cc2)c1-c1ccncc1. The number of aromatic nitrogens is 3. The average molecular weight is 343 g/mol. The molecule has 3 aromatic rings. The molecule has 0 N–H and O–H groups in total. The Bertz CT molecular complexity index is 803. The van der Waals surface area contributed by atoms with Crippen LogP contribution < -0.4 is 0 Å². The monoisotopic (exact) mass is 343 g/mol. The van der Waals surface area contributed by atoms with E-state index < -0.39 is 0 Å². The maximum absolute atomic E-state index is 13.3. The van der Waals surface area contributed by atoms with Gasteiger partial charge in [-0.15, -0.1) is 0 Å². The number of nitrogens with zero attached hydrogens (tertiary/aromatic N) is 3. The Kier molecular flexibility index (Phi) is 5.27. The molecule has 0 fully saturated rings. The first kappa shape index (κ1) is 16.7. The summed E-state index contributed by atoms with van der Waals surface area (Å²) in [5.74, 6) is -0.256. The lowest BCUT2D eigenvalue weighted by atomic mass is 10.1. The molecule has 0 spiro atoms. The minimum atomic E-state index is -0.256. The van der Waals surface area contributed by atoms with Gasteiger partial charge in [-0.2, -0.15) is 0 Å². The number of halogens is 1. The Hall–Kier alpha value is -2.18. The van der Waals surface area contributed by atoms with Crippen LogP contribution in [0.3, 0.4) is 0 Å². The van der Waals surface area contributed by atoms with E-state index in [1.807, 2.05) is 18.4 Å². The highest BCUT2D eigenvalue weighted by Crippen LogP contribution is 2.35. The largest absolute Gasteiger partial charge is 0.383 e. The molecule has 1 aromatic carbocycles. The van der Waals surface area contributed by atoms with Crippen LogP contribution in [0.2, 0.25) is 0 Å². The Labute approximate surface area is 144 Å². The molecule has 3 rings (SSSR count). The number of thioether (sulfide) groups is 1. The summed E-state index contributed by atoms with van der Waals surface area (Å²) in [6.07, 6.45) is 5.52. The molecule has 0 aliphatic heterocycles. The van der Waals surface area contributed by atoms with Crippen molar-refractivity contribution in [3.63, 3.8) is 0 Å². The molecule has 0 saturated carbocycles. The second-order valence-corrected chi connectivity index (χ2v) is 5.96. The Balaban J connectivity index is 2.20. The molecule has 0 saturated heterocycles. The lowest BCUT2D eigenvalue weighted by Gasteiger charge is -2.11. The van der Waals surface area contributed by atoms with Crippen LogP contribution in [0.1, 0.15) is 0 Å². The topological polar surface area (TPSA) is 39.9 Å². The van der Waals surface area contributed by atoms with Gasteiger partial charge in [0.2, 0.25) is 0 Å². The molecular formula is C18H18FN3OS. The van der Waals surface area contributed by atoms with E-state index in [2.05, 4.69) is 9.55 Å². The molecule has 0 bridgehead atoms. The molecule has 0 atom stereocenters. The number of hydrogen-bond donors (Lipinski definition) is 0. The van der Waals surface area contributed by atoms with E-state index in [9.17, 15) is 4.39 Å². The van der Waals surface area contributed by atoms with Crippen LogP contribution in [0.15, 0.2) is 53.9 Å². The van der Waals surface area contributed by atoms with E-state index in [4.69, 9.17) is 9.72 Å². The fraction of sp³-hybridized carbons (Fsp3) is 0.222. The van der Waals surface area contributed by atoms with Gasteiger partial charge in [0.25, 0.3) is 0 Å². The molecule has 0 aliphatic carbocycles. The summed E-state index contributed by atoms with van der Waals surface area (Å²) in [6.45, 7) is 1.28. The zero-order valence-electron chi connectivity index (χ0n) is 13.6. The van der Waals surface area contributed by atoms with E-state index in [0.717, 1.165) is 27.7 Å². The molecule has 24 heavy (non-hydrogen) atoms. The molecular weight excluding hydrogens is 325 g/mol. The van der Waals surface area contributed by atoms with Crippen LogP contribution in [-0.2, 0) is 11.3 Å². The highest BCUT2D eigenvalue weighted by atomic mass is 32.2. The fourth-order valence-electron chi connectivity index (χ4n) is 2.59. The van der Waals surface area contributed by atoms with Gasteiger partial charge in [0.1, 0.15) is 5.82 Å². The number of imidazole rings is 1. The molecule has 2 heterocycles. The number of benzene rings is 1. The summed E-state index contributed by atoms with van der Waals surface area (Å²) in [5.41, 5.74) is 3.73. The van der Waals surface area contributed by atoms with Crippen molar-refractivity contribution in [3.05, 3.63) is 54.6 Å². The predicted octanol–water partition coefficient (Wildman–Crippen LogP) is 4.12. The van der Waals surface area contributed by atoms with Crippen molar-refractivity contribution in [2.45, 2.75) is 11.7 Å². The van der Waals surface area contributed by atoms with Crippen molar-refractivity contribution >= 4 is 11.8 Å². The predicted molar refractivity (Wildman–Crippen MR) is 94.5 cm³/mol. The van der Waals surface area contributed by atoms with Gasteiger partial charge in [0.15, 0.2) is 5.16 Å². The van der Waals surface area contributed by atoms with E-state index in [0.29, 0.717) is 13.2 Å². The summed E-state index contributed by atoms with van der Waals surface area (Å²) in [7, 11) is 1.68. The molecule has 0 amide bonds. The van der Waals surface area contributed by atoms with Crippen LogP contribution in [-0.4, -0.2) is 34.5 Å². The van der Waals surface area contributed by atoms with Crippen LogP contribution >= 0.6 is 11.8 Å². The van der Waals surface area contributed by atoms with Crippen molar-refractivity contribution in [2.75, 3.05) is 20.0 Å². The molecule has 0 unspecified atom stereocenters. The first-order valence-electron chi connectivity index (χ1n) is 7.54. The van der Waals surface area contributed by atoms with Crippen LogP contribution in [0.5, 0.6) is 0 Å². The summed E-state index contributed by atoms with van der Waals surface area (Å²) in [5, 5.41) is 0.901. The second kappa shape index (κ2) is 7.59. The third-order valence-electron chi connectivity index (χ3n) is 3.71. The zero-order valence-corrected chi connectivity index (χ0v) is 14.4. The maximum Gasteiger partial charge on any atom is 0.168 e. The summed E-state index contributed by atoms with van der Waals surface area (Å²) >= 11 is 1.58. The number of ether oxygens (including phenoxy) is 1. The molecule has 6 heteroatoms. The van der Waals surface area contributed by atoms with Gasteiger partial charge in [-0.1, -0.05) is 11.8 Å². The summed E-state index contributed by atoms with van der Waals surface area (Å²) in [4.78, 5) is 8.88. The van der Waals surface area contributed by atoms with E-state index >= 15 is 0 Å². The zero-order chi connectivity index (χ0) is 16.9. The number of rotatable bonds is 6. The van der Waals surface area contributed by atoms with Crippen LogP contribution in [0.4, 0.5) is 4.39 Å². The standard InChI is InChI=1S/C18H18FN3OS/c1-23-12-11-22-17(14-7-9-20-10-8-14)16(21-18(22)24-2)13-3-5-15(19)6-4-13/h3-10H,11-12H2,1-2H3. The van der Waals surface area contributed by atoms with Gasteiger partial charge in [-0.05, 0) is 42.7 Å². The van der Waals surface area contributed by atoms with Crippen molar-refractivity contribution in [3.8, 4) is 22.5 Å². The van der Waals surface area contributed by atoms with E-state index in [-0.39, 0.29) is 5.82 Å². The van der Waals surface area contributed by atoms with Gasteiger partial charge >= 0.3 is 0 Å². The van der Waals surface area contributed by atoms with Crippen molar-refractivity contribution in [1.29, 1.82) is 0 Å². The van der Waals surface area contributed by atoms with E-state index in [1.165, 1.54) is 12.1 Å². The number of methoxy groups -OCH3 is 1. The average Bonchev–Trinajstić information content (AvgIpc) is 2.99. The second-order valence-electron chi connectivity index (χ2n) is 5.18. The third-order valence-corrected chi connectivity index (χ3v) is 4.38. The fourth-order valence-corrected chi connectivity index (χ4v) is 3.18. The highest BCUT2D eigenvalue weighted by molar-refractivity contribution is 7.98. The van der Waals surface area contributed by atoms with Gasteiger partial charge in [0, 0.05) is 37.2 Å². The van der Waals surface area contributed by atoms with Crippen molar-refractivity contribution < 1.29 is 9.13 Å². The van der Waals surface area contributed by atoms with Crippen LogP contribution in [0, 0.1) is 5.82 Å². The quantitative estimate of drug-likeness (QED) is 0.631. The molecule has 4 nitrogen and oxygen atoms in total. The first-order valence-corrected chi connectivity index (χ1v) is 8.77. The van der Waals surface area contributed by atoms with Crippen molar-refractivity contribution in [2.24, 2.45) is 0 Å². The number of pyridine rings is 1. The van der Waals surface area contributed by atoms with E-state index in [1.54, 1.807) is 43.4 Å². The smallest absolute Gasteiger partial charge is 0.168 e. The summed E-state index contributed by atoms with van der Waals surface area (Å²) in [6, 6.07) is 10.3. The normalized spacial score (nSPS) is 11.0. The minimum absolute atomic E-state index is 0.256. The molecule has 124 valence electrons. The Morgan fingerprint density at radius 3 is 2.42 bits per heavy atom. The van der Waals surface area contributed by atoms with Gasteiger partial charge < -0.3 is 9.30 Å². The van der Waals surface area contributed by atoms with Crippen molar-refractivity contribution in [1.82, 2.24) is 14.5 Å². The minimum Gasteiger partial charge on any atom is -0.383 e. The molecule has 2 aromatic heterocycles. The Morgan fingerprint density at radius 2 is 1.79 bits per heavy atom. The molecule has 0 aliphatic rings. The van der Waals surface area contributed by atoms with Gasteiger partial charge in [-0.3, -0.25) is 4.98 Å². The third kappa shape index (κ3) is 3.34. The van der Waals surface area contributed by atoms with Crippen LogP contribution in [0.25, 0.3) is 22.5 Å². The highest BCUT2D eigenvalue weighted by Gasteiger charge is 2.19. The maximum atomic E-state index is 13.3. The van der Waals surface area contributed by atoms with Gasteiger partial charge in [-0.25, -0.2) is 9.37 Å². The lowest BCUT2D eigenvalue weighted by molar-refractivity contribution is 0.185.